The molecular weight excluding hydrogens is 427 g/mol. The lowest BCUT2D eigenvalue weighted by Crippen LogP contribution is -2.41. The predicted octanol–water partition coefficient (Wildman–Crippen LogP) is 3.88. The van der Waals surface area contributed by atoms with E-state index in [1.54, 1.807) is 42.3 Å². The molecule has 0 aromatic heterocycles. The number of hydrogen-bond donors (Lipinski definition) is 1. The van der Waals surface area contributed by atoms with Crippen LogP contribution in [0.25, 0.3) is 0 Å². The second-order valence-electron chi connectivity index (χ2n) is 6.77. The highest BCUT2D eigenvalue weighted by Gasteiger charge is 2.25. The fourth-order valence-corrected chi connectivity index (χ4v) is 3.71. The zero-order valence-electron chi connectivity index (χ0n) is 15.6. The molecule has 5 nitrogen and oxygen atoms in total. The number of carbonyl (C=O) groups is 2. The van der Waals surface area contributed by atoms with Gasteiger partial charge in [-0.15, -0.1) is 0 Å². The Kier molecular flexibility index (Phi) is 6.67. The van der Waals surface area contributed by atoms with Crippen LogP contribution >= 0.6 is 15.9 Å². The Morgan fingerprint density at radius 2 is 1.89 bits per heavy atom. The van der Waals surface area contributed by atoms with Crippen molar-refractivity contribution in [1.29, 1.82) is 0 Å². The average molecular weight is 449 g/mol. The SMILES string of the molecule is COc1ccc(Br)c(C(=O)NCC2CCN(C(=O)c3ccccc3F)CC2)c1. The fraction of sp³-hybridized carbons (Fsp3) is 0.333. The molecule has 1 heterocycles. The molecule has 2 amide bonds. The summed E-state index contributed by atoms with van der Waals surface area (Å²) < 4.78 is 19.7. The maximum atomic E-state index is 13.8. The Labute approximate surface area is 172 Å². The minimum absolute atomic E-state index is 0.108. The van der Waals surface area contributed by atoms with Crippen LogP contribution in [0, 0.1) is 11.7 Å². The van der Waals surface area contributed by atoms with Gasteiger partial charge in [-0.2, -0.15) is 0 Å². The number of nitrogens with one attached hydrogen (secondary N) is 1. The van der Waals surface area contributed by atoms with Crippen LogP contribution in [0.1, 0.15) is 33.6 Å². The standard InChI is InChI=1S/C21H22BrFN2O3/c1-28-15-6-7-18(22)17(12-15)20(26)24-13-14-8-10-25(11-9-14)21(27)16-4-2-3-5-19(16)23/h2-7,12,14H,8-11,13H2,1H3,(H,24,26). The average Bonchev–Trinajstić information content (AvgIpc) is 2.72. The first kappa shape index (κ1) is 20.3. The molecule has 2 aromatic rings. The van der Waals surface area contributed by atoms with Crippen LogP contribution in [0.2, 0.25) is 0 Å². The van der Waals surface area contributed by atoms with Gasteiger partial charge < -0.3 is 15.0 Å². The number of ether oxygens (including phenoxy) is 1. The summed E-state index contributed by atoms with van der Waals surface area (Å²) >= 11 is 3.39. The molecule has 1 aliphatic heterocycles. The molecule has 0 unspecified atom stereocenters. The number of methoxy groups -OCH3 is 1. The number of nitrogens with zero attached hydrogens (tertiary/aromatic N) is 1. The van der Waals surface area contributed by atoms with Gasteiger partial charge in [-0.1, -0.05) is 12.1 Å². The number of hydrogen-bond acceptors (Lipinski definition) is 3. The molecule has 0 spiro atoms. The van der Waals surface area contributed by atoms with E-state index in [-0.39, 0.29) is 23.3 Å². The molecule has 1 saturated heterocycles. The van der Waals surface area contributed by atoms with Crippen molar-refractivity contribution in [2.45, 2.75) is 12.8 Å². The monoisotopic (exact) mass is 448 g/mol. The topological polar surface area (TPSA) is 58.6 Å². The van der Waals surface area contributed by atoms with Crippen LogP contribution < -0.4 is 10.1 Å². The summed E-state index contributed by atoms with van der Waals surface area (Å²) in [5.74, 6) is -0.0476. The number of piperidine rings is 1. The predicted molar refractivity (Wildman–Crippen MR) is 108 cm³/mol. The van der Waals surface area contributed by atoms with Gasteiger partial charge in [-0.25, -0.2) is 4.39 Å². The van der Waals surface area contributed by atoms with Crippen LogP contribution in [0.15, 0.2) is 46.9 Å². The van der Waals surface area contributed by atoms with Crippen molar-refractivity contribution < 1.29 is 18.7 Å². The molecule has 148 valence electrons. The number of carbonyl (C=O) groups excluding carboxylic acids is 2. The summed E-state index contributed by atoms with van der Waals surface area (Å²) in [4.78, 5) is 26.6. The van der Waals surface area contributed by atoms with Crippen LogP contribution in [0.4, 0.5) is 4.39 Å². The highest BCUT2D eigenvalue weighted by molar-refractivity contribution is 9.10. The third-order valence-corrected chi connectivity index (χ3v) is 5.67. The van der Waals surface area contributed by atoms with E-state index < -0.39 is 5.82 Å². The molecule has 0 atom stereocenters. The van der Waals surface area contributed by atoms with E-state index in [1.165, 1.54) is 12.1 Å². The lowest BCUT2D eigenvalue weighted by molar-refractivity contribution is 0.0679. The summed E-state index contributed by atoms with van der Waals surface area (Å²) in [7, 11) is 1.56. The molecule has 1 N–H and O–H groups in total. The van der Waals surface area contributed by atoms with Crippen LogP contribution in [0.5, 0.6) is 5.75 Å². The highest BCUT2D eigenvalue weighted by Crippen LogP contribution is 2.23. The van der Waals surface area contributed by atoms with Crippen molar-refractivity contribution in [3.8, 4) is 5.75 Å². The summed E-state index contributed by atoms with van der Waals surface area (Å²) in [6.45, 7) is 1.64. The summed E-state index contributed by atoms with van der Waals surface area (Å²) in [5.41, 5.74) is 0.628. The second-order valence-corrected chi connectivity index (χ2v) is 7.63. The van der Waals surface area contributed by atoms with Gasteiger partial charge in [0.05, 0.1) is 18.2 Å². The minimum atomic E-state index is -0.495. The van der Waals surface area contributed by atoms with Crippen LogP contribution in [0.3, 0.4) is 0 Å². The van der Waals surface area contributed by atoms with E-state index in [4.69, 9.17) is 4.74 Å². The molecule has 0 radical (unpaired) electrons. The first-order chi connectivity index (χ1) is 13.5. The summed E-state index contributed by atoms with van der Waals surface area (Å²) in [6.07, 6.45) is 1.53. The molecule has 0 saturated carbocycles. The van der Waals surface area contributed by atoms with Gasteiger partial charge >= 0.3 is 0 Å². The zero-order valence-corrected chi connectivity index (χ0v) is 17.2. The number of rotatable bonds is 5. The fourth-order valence-electron chi connectivity index (χ4n) is 3.28. The van der Waals surface area contributed by atoms with Crippen molar-refractivity contribution in [3.05, 3.63) is 63.9 Å². The minimum Gasteiger partial charge on any atom is -0.497 e. The van der Waals surface area contributed by atoms with E-state index in [9.17, 15) is 14.0 Å². The normalized spacial score (nSPS) is 14.6. The van der Waals surface area contributed by atoms with Gasteiger partial charge in [-0.05, 0) is 65.0 Å². The number of likely N-dealkylation sites (tertiary alicyclic amines) is 1. The van der Waals surface area contributed by atoms with Gasteiger partial charge in [0, 0.05) is 24.1 Å². The lowest BCUT2D eigenvalue weighted by atomic mass is 9.96. The lowest BCUT2D eigenvalue weighted by Gasteiger charge is -2.32. The van der Waals surface area contributed by atoms with E-state index in [0.29, 0.717) is 35.4 Å². The first-order valence-corrected chi connectivity index (χ1v) is 9.94. The zero-order chi connectivity index (χ0) is 20.1. The Hall–Kier alpha value is -2.41. The Morgan fingerprint density at radius 1 is 1.18 bits per heavy atom. The summed E-state index contributed by atoms with van der Waals surface area (Å²) in [5, 5.41) is 2.96. The van der Waals surface area contributed by atoms with Crippen molar-refractivity contribution in [1.82, 2.24) is 10.2 Å². The number of benzene rings is 2. The molecular formula is C21H22BrFN2O3. The molecule has 3 rings (SSSR count). The summed E-state index contributed by atoms with van der Waals surface area (Å²) in [6, 6.07) is 11.3. The quantitative estimate of drug-likeness (QED) is 0.754. The molecule has 28 heavy (non-hydrogen) atoms. The van der Waals surface area contributed by atoms with Crippen LogP contribution in [-0.4, -0.2) is 43.5 Å². The van der Waals surface area contributed by atoms with Gasteiger partial charge in [0.15, 0.2) is 0 Å². The maximum absolute atomic E-state index is 13.8. The van der Waals surface area contributed by atoms with Crippen molar-refractivity contribution >= 4 is 27.7 Å². The van der Waals surface area contributed by atoms with Crippen molar-refractivity contribution in [2.75, 3.05) is 26.7 Å². The molecule has 1 fully saturated rings. The molecule has 0 bridgehead atoms. The molecule has 2 aromatic carbocycles. The van der Waals surface area contributed by atoms with E-state index in [1.807, 2.05) is 0 Å². The van der Waals surface area contributed by atoms with Gasteiger partial charge in [0.2, 0.25) is 0 Å². The van der Waals surface area contributed by atoms with Gasteiger partial charge in [-0.3, -0.25) is 9.59 Å². The number of halogens is 2. The third kappa shape index (κ3) is 4.70. The Balaban J connectivity index is 1.51. The van der Waals surface area contributed by atoms with E-state index in [0.717, 1.165) is 12.8 Å². The maximum Gasteiger partial charge on any atom is 0.256 e. The van der Waals surface area contributed by atoms with E-state index >= 15 is 0 Å². The van der Waals surface area contributed by atoms with Crippen LogP contribution in [-0.2, 0) is 0 Å². The van der Waals surface area contributed by atoms with Gasteiger partial charge in [0.1, 0.15) is 11.6 Å². The van der Waals surface area contributed by atoms with E-state index in [2.05, 4.69) is 21.2 Å². The van der Waals surface area contributed by atoms with Crippen molar-refractivity contribution in [2.24, 2.45) is 5.92 Å². The smallest absolute Gasteiger partial charge is 0.256 e. The Bertz CT molecular complexity index is 866. The second kappa shape index (κ2) is 9.19. The number of amides is 2. The molecule has 0 aliphatic carbocycles. The van der Waals surface area contributed by atoms with Crippen molar-refractivity contribution in [3.63, 3.8) is 0 Å². The third-order valence-electron chi connectivity index (χ3n) is 4.98. The largest absolute Gasteiger partial charge is 0.497 e. The highest BCUT2D eigenvalue weighted by atomic mass is 79.9. The molecule has 1 aliphatic rings. The first-order valence-electron chi connectivity index (χ1n) is 9.15. The Morgan fingerprint density at radius 3 is 2.57 bits per heavy atom. The molecule has 7 heteroatoms. The van der Waals surface area contributed by atoms with Gasteiger partial charge in [0.25, 0.3) is 11.8 Å².